The van der Waals surface area contributed by atoms with Gasteiger partial charge in [-0.1, -0.05) is 19.3 Å². The fourth-order valence-electron chi connectivity index (χ4n) is 3.61. The minimum atomic E-state index is 0.100. The summed E-state index contributed by atoms with van der Waals surface area (Å²) in [6.45, 7) is 1.80. The van der Waals surface area contributed by atoms with Gasteiger partial charge in [0.15, 0.2) is 0 Å². The van der Waals surface area contributed by atoms with Crippen molar-refractivity contribution in [2.24, 2.45) is 11.3 Å². The summed E-state index contributed by atoms with van der Waals surface area (Å²) in [4.78, 5) is 18.6. The number of pyridine rings is 1. The molecule has 1 aromatic heterocycles. The molecule has 3 rings (SSSR count). The van der Waals surface area contributed by atoms with E-state index in [0.717, 1.165) is 19.5 Å². The van der Waals surface area contributed by atoms with Crippen LogP contribution in [0.5, 0.6) is 0 Å². The van der Waals surface area contributed by atoms with Crippen LogP contribution in [-0.2, 0) is 0 Å². The maximum Gasteiger partial charge on any atom is 0.255 e. The van der Waals surface area contributed by atoms with Gasteiger partial charge in [-0.05, 0) is 36.8 Å². The van der Waals surface area contributed by atoms with Crippen molar-refractivity contribution in [3.63, 3.8) is 0 Å². The molecular formula is C15H22N4O. The number of anilines is 1. The minimum Gasteiger partial charge on any atom is -0.338 e. The Balaban J connectivity index is 1.68. The molecule has 0 radical (unpaired) electrons. The molecule has 20 heavy (non-hydrogen) atoms. The Hall–Kier alpha value is -1.62. The van der Waals surface area contributed by atoms with Crippen molar-refractivity contribution in [2.75, 3.05) is 18.5 Å². The van der Waals surface area contributed by atoms with Crippen molar-refractivity contribution >= 4 is 11.7 Å². The highest BCUT2D eigenvalue weighted by Gasteiger charge is 2.40. The van der Waals surface area contributed by atoms with Crippen molar-refractivity contribution in [1.29, 1.82) is 0 Å². The lowest BCUT2D eigenvalue weighted by Crippen LogP contribution is -2.33. The molecule has 1 aliphatic carbocycles. The number of nitrogens with two attached hydrogens (primary N) is 1. The van der Waals surface area contributed by atoms with Crippen molar-refractivity contribution in [3.05, 3.63) is 23.9 Å². The van der Waals surface area contributed by atoms with Crippen LogP contribution in [0, 0.1) is 5.41 Å². The summed E-state index contributed by atoms with van der Waals surface area (Å²) >= 11 is 0. The molecule has 1 spiro atoms. The molecule has 5 nitrogen and oxygen atoms in total. The first kappa shape index (κ1) is 13.4. The SMILES string of the molecule is NNc1ccc(C(=O)N2CCC3(CCCCC3)C2)cn1. The van der Waals surface area contributed by atoms with Crippen molar-refractivity contribution in [2.45, 2.75) is 38.5 Å². The molecule has 2 heterocycles. The number of hydrogen-bond acceptors (Lipinski definition) is 4. The van der Waals surface area contributed by atoms with Gasteiger partial charge in [0.25, 0.3) is 5.91 Å². The van der Waals surface area contributed by atoms with Gasteiger partial charge >= 0.3 is 0 Å². The van der Waals surface area contributed by atoms with Gasteiger partial charge in [0.2, 0.25) is 0 Å². The van der Waals surface area contributed by atoms with E-state index in [-0.39, 0.29) is 5.91 Å². The van der Waals surface area contributed by atoms with Gasteiger partial charge in [-0.15, -0.1) is 0 Å². The third-order valence-electron chi connectivity index (χ3n) is 4.80. The van der Waals surface area contributed by atoms with Crippen LogP contribution in [0.25, 0.3) is 0 Å². The number of nitrogen functional groups attached to an aromatic ring is 1. The molecule has 0 aromatic carbocycles. The lowest BCUT2D eigenvalue weighted by Gasteiger charge is -2.33. The van der Waals surface area contributed by atoms with Gasteiger partial charge in [-0.3, -0.25) is 4.79 Å². The second-order valence-electron chi connectivity index (χ2n) is 6.11. The predicted molar refractivity (Wildman–Crippen MR) is 78.1 cm³/mol. The number of nitrogens with zero attached hydrogens (tertiary/aromatic N) is 2. The number of amides is 1. The monoisotopic (exact) mass is 274 g/mol. The van der Waals surface area contributed by atoms with Crippen LogP contribution in [0.1, 0.15) is 48.9 Å². The van der Waals surface area contributed by atoms with Crippen LogP contribution in [0.3, 0.4) is 0 Å². The molecule has 1 saturated heterocycles. The Bertz CT molecular complexity index is 479. The molecule has 2 fully saturated rings. The first-order chi connectivity index (χ1) is 9.72. The number of likely N-dealkylation sites (tertiary alicyclic amines) is 1. The summed E-state index contributed by atoms with van der Waals surface area (Å²) in [5, 5.41) is 0. The first-order valence-electron chi connectivity index (χ1n) is 7.44. The standard InChI is InChI=1S/C15H22N4O/c16-18-13-5-4-12(10-17-13)14(20)19-9-8-15(11-19)6-2-1-3-7-15/h4-5,10H,1-3,6-9,11,16H2,(H,17,18). The number of hydrazine groups is 1. The number of nitrogens with one attached hydrogen (secondary N) is 1. The molecule has 3 N–H and O–H groups in total. The van der Waals surface area contributed by atoms with Crippen LogP contribution in [0.15, 0.2) is 18.3 Å². The molecule has 2 aliphatic rings. The van der Waals surface area contributed by atoms with Gasteiger partial charge in [0.05, 0.1) is 5.56 Å². The van der Waals surface area contributed by atoms with Crippen LogP contribution in [-0.4, -0.2) is 28.9 Å². The lowest BCUT2D eigenvalue weighted by atomic mass is 9.73. The summed E-state index contributed by atoms with van der Waals surface area (Å²) in [6.07, 6.45) is 9.32. The largest absolute Gasteiger partial charge is 0.338 e. The number of aromatic nitrogens is 1. The molecule has 1 saturated carbocycles. The first-order valence-corrected chi connectivity index (χ1v) is 7.44. The van der Waals surface area contributed by atoms with Crippen LogP contribution in [0.2, 0.25) is 0 Å². The highest BCUT2D eigenvalue weighted by Crippen LogP contribution is 2.43. The van der Waals surface area contributed by atoms with Crippen molar-refractivity contribution in [1.82, 2.24) is 9.88 Å². The van der Waals surface area contributed by atoms with E-state index in [0.29, 0.717) is 16.8 Å². The Labute approximate surface area is 119 Å². The van der Waals surface area contributed by atoms with Gasteiger partial charge < -0.3 is 10.3 Å². The molecule has 1 aliphatic heterocycles. The average molecular weight is 274 g/mol. The highest BCUT2D eigenvalue weighted by molar-refractivity contribution is 5.94. The second kappa shape index (κ2) is 5.40. The van der Waals surface area contributed by atoms with E-state index in [9.17, 15) is 4.79 Å². The molecule has 1 amide bonds. The maximum atomic E-state index is 12.5. The molecule has 5 heteroatoms. The molecular weight excluding hydrogens is 252 g/mol. The zero-order chi connectivity index (χ0) is 14.0. The number of hydrogen-bond donors (Lipinski definition) is 2. The Morgan fingerprint density at radius 2 is 2.05 bits per heavy atom. The summed E-state index contributed by atoms with van der Waals surface area (Å²) in [5.74, 6) is 5.96. The topological polar surface area (TPSA) is 71.2 Å². The lowest BCUT2D eigenvalue weighted by molar-refractivity contribution is 0.0758. The summed E-state index contributed by atoms with van der Waals surface area (Å²) < 4.78 is 0. The summed E-state index contributed by atoms with van der Waals surface area (Å²) in [7, 11) is 0. The van der Waals surface area contributed by atoms with Gasteiger partial charge in [-0.25, -0.2) is 10.8 Å². The zero-order valence-corrected chi connectivity index (χ0v) is 11.8. The van der Waals surface area contributed by atoms with E-state index in [1.165, 1.54) is 32.1 Å². The third kappa shape index (κ3) is 2.50. The quantitative estimate of drug-likeness (QED) is 0.640. The van der Waals surface area contributed by atoms with Gasteiger partial charge in [-0.2, -0.15) is 0 Å². The van der Waals surface area contributed by atoms with Crippen molar-refractivity contribution < 1.29 is 4.79 Å². The third-order valence-corrected chi connectivity index (χ3v) is 4.80. The van der Waals surface area contributed by atoms with E-state index < -0.39 is 0 Å². The Morgan fingerprint density at radius 3 is 2.70 bits per heavy atom. The Kier molecular flexibility index (Phi) is 3.61. The zero-order valence-electron chi connectivity index (χ0n) is 11.8. The van der Waals surface area contributed by atoms with E-state index in [1.54, 1.807) is 18.3 Å². The number of rotatable bonds is 2. The van der Waals surface area contributed by atoms with E-state index in [4.69, 9.17) is 5.84 Å². The molecule has 1 aromatic rings. The molecule has 108 valence electrons. The number of carbonyl (C=O) groups is 1. The van der Waals surface area contributed by atoms with E-state index in [2.05, 4.69) is 10.4 Å². The van der Waals surface area contributed by atoms with Crippen LogP contribution >= 0.6 is 0 Å². The summed E-state index contributed by atoms with van der Waals surface area (Å²) in [5.41, 5.74) is 3.53. The smallest absolute Gasteiger partial charge is 0.255 e. The second-order valence-corrected chi connectivity index (χ2v) is 6.11. The fraction of sp³-hybridized carbons (Fsp3) is 0.600. The van der Waals surface area contributed by atoms with Crippen LogP contribution in [0.4, 0.5) is 5.82 Å². The summed E-state index contributed by atoms with van der Waals surface area (Å²) in [6, 6.07) is 3.52. The van der Waals surface area contributed by atoms with Gasteiger partial charge in [0, 0.05) is 19.3 Å². The molecule has 0 unspecified atom stereocenters. The molecule has 0 atom stereocenters. The van der Waals surface area contributed by atoms with E-state index in [1.807, 2.05) is 4.90 Å². The minimum absolute atomic E-state index is 0.100. The van der Waals surface area contributed by atoms with Crippen molar-refractivity contribution in [3.8, 4) is 0 Å². The normalized spacial score (nSPS) is 21.1. The average Bonchev–Trinajstić information content (AvgIpc) is 2.91. The predicted octanol–water partition coefficient (Wildman–Crippen LogP) is 2.16. The van der Waals surface area contributed by atoms with Gasteiger partial charge in [0.1, 0.15) is 5.82 Å². The molecule has 0 bridgehead atoms. The van der Waals surface area contributed by atoms with Crippen LogP contribution < -0.4 is 11.3 Å². The Morgan fingerprint density at radius 1 is 1.25 bits per heavy atom. The maximum absolute atomic E-state index is 12.5. The fourth-order valence-corrected chi connectivity index (χ4v) is 3.61. The highest BCUT2D eigenvalue weighted by atomic mass is 16.2. The van der Waals surface area contributed by atoms with E-state index >= 15 is 0 Å². The number of carbonyl (C=O) groups excluding carboxylic acids is 1.